The van der Waals surface area contributed by atoms with Gasteiger partial charge in [0.2, 0.25) is 0 Å². The van der Waals surface area contributed by atoms with Crippen molar-refractivity contribution in [2.45, 2.75) is 6.42 Å². The van der Waals surface area contributed by atoms with Crippen molar-refractivity contribution >= 4 is 24.7 Å². The van der Waals surface area contributed by atoms with E-state index in [2.05, 4.69) is 17.4 Å². The molecule has 0 saturated carbocycles. The maximum atomic E-state index is 11.3. The third kappa shape index (κ3) is 3.31. The Kier molecular flexibility index (Phi) is 4.92. The number of thiol groups is 1. The highest BCUT2D eigenvalue weighted by Gasteiger charge is 2.10. The molecule has 0 aliphatic carbocycles. The quantitative estimate of drug-likeness (QED) is 0.626. The molecule has 0 aliphatic rings. The number of allylic oxidation sites excluding steroid dienone is 1. The molecule has 0 spiro atoms. The predicted molar refractivity (Wildman–Crippen MR) is 67.0 cm³/mol. The lowest BCUT2D eigenvalue weighted by atomic mass is 10.1. The zero-order chi connectivity index (χ0) is 12.0. The number of aromatic hydroxyl groups is 1. The highest BCUT2D eigenvalue weighted by atomic mass is 32.1. The number of hydrogen-bond donors (Lipinski definition) is 2. The lowest BCUT2D eigenvalue weighted by molar-refractivity contribution is 0.0597. The van der Waals surface area contributed by atoms with Crippen LogP contribution < -0.4 is 0 Å². The molecule has 86 valence electrons. The van der Waals surface area contributed by atoms with Gasteiger partial charge in [0.25, 0.3) is 0 Å². The Bertz CT molecular complexity index is 399. The second-order valence-electron chi connectivity index (χ2n) is 3.18. The Balaban J connectivity index is 2.93. The second kappa shape index (κ2) is 6.23. The fraction of sp³-hybridized carbons (Fsp3) is 0.250. The number of methoxy groups -OCH3 is 1. The summed E-state index contributed by atoms with van der Waals surface area (Å²) in [4.78, 5) is 11.3. The Hall–Kier alpha value is -1.42. The van der Waals surface area contributed by atoms with Crippen LogP contribution in [-0.2, 0) is 4.74 Å². The molecule has 0 radical (unpaired) electrons. The van der Waals surface area contributed by atoms with Gasteiger partial charge in [-0.1, -0.05) is 18.2 Å². The number of rotatable bonds is 4. The number of esters is 1. The zero-order valence-corrected chi connectivity index (χ0v) is 9.91. The van der Waals surface area contributed by atoms with Gasteiger partial charge in [-0.25, -0.2) is 4.79 Å². The van der Waals surface area contributed by atoms with Crippen molar-refractivity contribution in [3.05, 3.63) is 35.4 Å². The van der Waals surface area contributed by atoms with Crippen molar-refractivity contribution in [1.82, 2.24) is 0 Å². The fourth-order valence-corrected chi connectivity index (χ4v) is 1.37. The van der Waals surface area contributed by atoms with Crippen LogP contribution in [0.15, 0.2) is 24.3 Å². The second-order valence-corrected chi connectivity index (χ2v) is 3.63. The van der Waals surface area contributed by atoms with Gasteiger partial charge in [0.1, 0.15) is 11.3 Å². The van der Waals surface area contributed by atoms with Crippen molar-refractivity contribution in [2.24, 2.45) is 0 Å². The van der Waals surface area contributed by atoms with E-state index >= 15 is 0 Å². The number of benzene rings is 1. The molecular weight excluding hydrogens is 224 g/mol. The van der Waals surface area contributed by atoms with Crippen LogP contribution in [0.5, 0.6) is 5.75 Å². The molecular formula is C12H14O3S. The number of carbonyl (C=O) groups excluding carboxylic acids is 1. The highest BCUT2D eigenvalue weighted by molar-refractivity contribution is 7.80. The first-order chi connectivity index (χ1) is 7.69. The normalized spacial score (nSPS) is 10.6. The minimum atomic E-state index is -0.540. The summed E-state index contributed by atoms with van der Waals surface area (Å²) in [7, 11) is 1.28. The predicted octanol–water partition coefficient (Wildman–Crippen LogP) is 2.51. The van der Waals surface area contributed by atoms with Crippen LogP contribution in [0, 0.1) is 0 Å². The van der Waals surface area contributed by atoms with E-state index in [1.54, 1.807) is 12.1 Å². The average Bonchev–Trinajstić information content (AvgIpc) is 2.30. The summed E-state index contributed by atoms with van der Waals surface area (Å²) in [5.41, 5.74) is 1.02. The van der Waals surface area contributed by atoms with Crippen LogP contribution in [-0.4, -0.2) is 23.9 Å². The van der Waals surface area contributed by atoms with Crippen LogP contribution in [0.25, 0.3) is 6.08 Å². The van der Waals surface area contributed by atoms with E-state index in [-0.39, 0.29) is 11.3 Å². The Morgan fingerprint density at radius 1 is 1.56 bits per heavy atom. The third-order valence-corrected chi connectivity index (χ3v) is 2.29. The molecule has 1 N–H and O–H groups in total. The van der Waals surface area contributed by atoms with E-state index in [9.17, 15) is 9.90 Å². The minimum Gasteiger partial charge on any atom is -0.507 e. The van der Waals surface area contributed by atoms with Gasteiger partial charge in [-0.2, -0.15) is 12.6 Å². The Labute approximate surface area is 100 Å². The first-order valence-corrected chi connectivity index (χ1v) is 5.51. The van der Waals surface area contributed by atoms with Crippen molar-refractivity contribution in [2.75, 3.05) is 12.9 Å². The standard InChI is InChI=1S/C12H14O3S/c1-15-12(14)10-8-9(4-2-3-7-16)5-6-11(10)13/h2,4-6,8,13,16H,3,7H2,1H3. The van der Waals surface area contributed by atoms with Gasteiger partial charge < -0.3 is 9.84 Å². The van der Waals surface area contributed by atoms with Crippen molar-refractivity contribution in [3.8, 4) is 5.75 Å². The molecule has 3 nitrogen and oxygen atoms in total. The lowest BCUT2D eigenvalue weighted by Gasteiger charge is -2.03. The van der Waals surface area contributed by atoms with Crippen LogP contribution in [0.4, 0.5) is 0 Å². The van der Waals surface area contributed by atoms with Gasteiger partial charge in [-0.15, -0.1) is 0 Å². The zero-order valence-electron chi connectivity index (χ0n) is 9.01. The van der Waals surface area contributed by atoms with Gasteiger partial charge in [-0.05, 0) is 29.9 Å². The smallest absolute Gasteiger partial charge is 0.341 e. The van der Waals surface area contributed by atoms with Gasteiger partial charge in [0.15, 0.2) is 0 Å². The minimum absolute atomic E-state index is 0.0711. The number of ether oxygens (including phenoxy) is 1. The molecule has 0 heterocycles. The third-order valence-electron chi connectivity index (χ3n) is 2.03. The van der Waals surface area contributed by atoms with E-state index in [0.29, 0.717) is 0 Å². The summed E-state index contributed by atoms with van der Waals surface area (Å²) in [5, 5.41) is 9.47. The van der Waals surface area contributed by atoms with E-state index < -0.39 is 5.97 Å². The molecule has 0 atom stereocenters. The fourth-order valence-electron chi connectivity index (χ4n) is 1.22. The van der Waals surface area contributed by atoms with Crippen LogP contribution in [0.2, 0.25) is 0 Å². The summed E-state index contributed by atoms with van der Waals surface area (Å²) in [6, 6.07) is 4.81. The molecule has 0 bridgehead atoms. The lowest BCUT2D eigenvalue weighted by Crippen LogP contribution is -2.01. The summed E-state index contributed by atoms with van der Waals surface area (Å²) in [5.74, 6) is 0.165. The molecule has 0 saturated heterocycles. The summed E-state index contributed by atoms with van der Waals surface area (Å²) >= 11 is 4.09. The monoisotopic (exact) mass is 238 g/mol. The van der Waals surface area contributed by atoms with Crippen molar-refractivity contribution in [3.63, 3.8) is 0 Å². The molecule has 0 fully saturated rings. The first kappa shape index (κ1) is 12.6. The molecule has 1 aromatic rings. The molecule has 1 aromatic carbocycles. The molecule has 0 aromatic heterocycles. The maximum absolute atomic E-state index is 11.3. The Morgan fingerprint density at radius 2 is 2.31 bits per heavy atom. The number of carbonyl (C=O) groups is 1. The van der Waals surface area contributed by atoms with Crippen molar-refractivity contribution in [1.29, 1.82) is 0 Å². The van der Waals surface area contributed by atoms with Gasteiger partial charge in [0.05, 0.1) is 7.11 Å². The van der Waals surface area contributed by atoms with Gasteiger partial charge in [0, 0.05) is 0 Å². The van der Waals surface area contributed by atoms with Crippen molar-refractivity contribution < 1.29 is 14.6 Å². The molecule has 4 heteroatoms. The van der Waals surface area contributed by atoms with Gasteiger partial charge >= 0.3 is 5.97 Å². The van der Waals surface area contributed by atoms with E-state index in [1.165, 1.54) is 13.2 Å². The molecule has 0 aliphatic heterocycles. The number of hydrogen-bond acceptors (Lipinski definition) is 4. The molecule has 1 rings (SSSR count). The number of phenolic OH excluding ortho intramolecular Hbond substituents is 1. The number of phenols is 1. The Morgan fingerprint density at radius 3 is 2.94 bits per heavy atom. The summed E-state index contributed by atoms with van der Waals surface area (Å²) in [6.45, 7) is 0. The molecule has 0 unspecified atom stereocenters. The van der Waals surface area contributed by atoms with Crippen LogP contribution in [0.1, 0.15) is 22.3 Å². The average molecular weight is 238 g/mol. The van der Waals surface area contributed by atoms with Crippen LogP contribution in [0.3, 0.4) is 0 Å². The topological polar surface area (TPSA) is 46.5 Å². The van der Waals surface area contributed by atoms with E-state index in [0.717, 1.165) is 17.7 Å². The molecule has 0 amide bonds. The maximum Gasteiger partial charge on any atom is 0.341 e. The largest absolute Gasteiger partial charge is 0.507 e. The van der Waals surface area contributed by atoms with Gasteiger partial charge in [-0.3, -0.25) is 0 Å². The SMILES string of the molecule is COC(=O)c1cc(C=CCCS)ccc1O. The summed E-state index contributed by atoms with van der Waals surface area (Å²) < 4.78 is 4.56. The summed E-state index contributed by atoms with van der Waals surface area (Å²) in [6.07, 6.45) is 4.69. The first-order valence-electron chi connectivity index (χ1n) is 4.87. The van der Waals surface area contributed by atoms with Crippen LogP contribution >= 0.6 is 12.6 Å². The molecule has 16 heavy (non-hydrogen) atoms. The van der Waals surface area contributed by atoms with E-state index in [1.807, 2.05) is 12.2 Å². The highest BCUT2D eigenvalue weighted by Crippen LogP contribution is 2.20. The van der Waals surface area contributed by atoms with E-state index in [4.69, 9.17) is 0 Å².